The van der Waals surface area contributed by atoms with Gasteiger partial charge in [-0.15, -0.1) is 0 Å². The lowest BCUT2D eigenvalue weighted by Crippen LogP contribution is -1.90. The molecule has 0 bridgehead atoms. The van der Waals surface area contributed by atoms with E-state index in [2.05, 4.69) is 52.0 Å². The summed E-state index contributed by atoms with van der Waals surface area (Å²) in [6, 6.07) is 8.94. The molecule has 0 aliphatic heterocycles. The van der Waals surface area contributed by atoms with Gasteiger partial charge < -0.3 is 0 Å². The smallest absolute Gasteiger partial charge is 0.0219 e. The zero-order valence-electron chi connectivity index (χ0n) is 8.46. The van der Waals surface area contributed by atoms with Crippen molar-refractivity contribution >= 4 is 0 Å². The second kappa shape index (κ2) is 3.75. The summed E-state index contributed by atoms with van der Waals surface area (Å²) < 4.78 is 0. The fourth-order valence-corrected chi connectivity index (χ4v) is 1.27. The minimum Gasteiger partial charge on any atom is -0.0587 e. The van der Waals surface area contributed by atoms with Crippen molar-refractivity contribution in [3.8, 4) is 0 Å². The van der Waals surface area contributed by atoms with Gasteiger partial charge in [0.05, 0.1) is 0 Å². The molecule has 12 heavy (non-hydrogen) atoms. The van der Waals surface area contributed by atoms with E-state index in [1.54, 1.807) is 0 Å². The molecule has 0 aromatic heterocycles. The molecule has 0 amide bonds. The summed E-state index contributed by atoms with van der Waals surface area (Å²) in [4.78, 5) is 0. The molecular formula is C12H18. The van der Waals surface area contributed by atoms with Crippen molar-refractivity contribution in [1.29, 1.82) is 0 Å². The van der Waals surface area contributed by atoms with Crippen LogP contribution in [-0.2, 0) is 0 Å². The van der Waals surface area contributed by atoms with E-state index in [0.29, 0.717) is 11.8 Å². The molecule has 1 aromatic carbocycles. The van der Waals surface area contributed by atoms with E-state index >= 15 is 0 Å². The average molecular weight is 162 g/mol. The van der Waals surface area contributed by atoms with Crippen LogP contribution in [0.2, 0.25) is 0 Å². The van der Waals surface area contributed by atoms with Crippen LogP contribution < -0.4 is 0 Å². The fourth-order valence-electron chi connectivity index (χ4n) is 1.27. The topological polar surface area (TPSA) is 0 Å². The van der Waals surface area contributed by atoms with Crippen LogP contribution in [0.15, 0.2) is 24.3 Å². The Morgan fingerprint density at radius 1 is 0.667 bits per heavy atom. The number of hydrogen-bond acceptors (Lipinski definition) is 0. The Morgan fingerprint density at radius 3 is 1.08 bits per heavy atom. The van der Waals surface area contributed by atoms with Crippen LogP contribution in [0.3, 0.4) is 0 Å². The first kappa shape index (κ1) is 9.31. The third-order valence-corrected chi connectivity index (χ3v) is 2.27. The van der Waals surface area contributed by atoms with E-state index in [9.17, 15) is 0 Å². The van der Waals surface area contributed by atoms with Gasteiger partial charge in [-0.3, -0.25) is 0 Å². The molecule has 0 radical (unpaired) electrons. The predicted molar refractivity (Wildman–Crippen MR) is 54.6 cm³/mol. The number of benzene rings is 1. The molecule has 0 nitrogen and oxygen atoms in total. The van der Waals surface area contributed by atoms with Crippen LogP contribution in [-0.4, -0.2) is 0 Å². The van der Waals surface area contributed by atoms with Crippen molar-refractivity contribution in [2.75, 3.05) is 0 Å². The highest BCUT2D eigenvalue weighted by Gasteiger charge is 2.00. The maximum Gasteiger partial charge on any atom is -0.0219 e. The zero-order valence-corrected chi connectivity index (χ0v) is 8.46. The van der Waals surface area contributed by atoms with Gasteiger partial charge in [-0.2, -0.15) is 0 Å². The Hall–Kier alpha value is -0.780. The van der Waals surface area contributed by atoms with E-state index < -0.39 is 0 Å². The lowest BCUT2D eigenvalue weighted by atomic mass is 9.97. The molecule has 0 saturated carbocycles. The van der Waals surface area contributed by atoms with Crippen molar-refractivity contribution in [2.24, 2.45) is 0 Å². The molecule has 0 N–H and O–H groups in total. The molecule has 1 aromatic rings. The van der Waals surface area contributed by atoms with Crippen molar-refractivity contribution < 1.29 is 0 Å². The van der Waals surface area contributed by atoms with Crippen LogP contribution in [0.5, 0.6) is 0 Å². The van der Waals surface area contributed by atoms with Gasteiger partial charge in [-0.25, -0.2) is 0 Å². The zero-order chi connectivity index (χ0) is 9.14. The van der Waals surface area contributed by atoms with Crippen molar-refractivity contribution in [3.05, 3.63) is 35.4 Å². The molecule has 0 fully saturated rings. The molecule has 1 rings (SSSR count). The first-order valence-electron chi connectivity index (χ1n) is 4.71. The maximum atomic E-state index is 2.24. The van der Waals surface area contributed by atoms with E-state index in [-0.39, 0.29) is 0 Å². The van der Waals surface area contributed by atoms with Crippen LogP contribution in [0.1, 0.15) is 50.7 Å². The number of hydrogen-bond donors (Lipinski definition) is 0. The Bertz CT molecular complexity index is 202. The molecule has 0 heterocycles. The highest BCUT2D eigenvalue weighted by atomic mass is 14.1. The maximum absolute atomic E-state index is 2.24. The first-order valence-corrected chi connectivity index (χ1v) is 4.71. The summed E-state index contributed by atoms with van der Waals surface area (Å²) in [5.74, 6) is 1.29. The van der Waals surface area contributed by atoms with Gasteiger partial charge in [0.1, 0.15) is 0 Å². The van der Waals surface area contributed by atoms with Crippen LogP contribution in [0.25, 0.3) is 0 Å². The van der Waals surface area contributed by atoms with E-state index in [1.807, 2.05) is 0 Å². The summed E-state index contributed by atoms with van der Waals surface area (Å²) in [6.07, 6.45) is 0. The van der Waals surface area contributed by atoms with Crippen molar-refractivity contribution in [2.45, 2.75) is 39.5 Å². The molecule has 66 valence electrons. The minimum absolute atomic E-state index is 0.645. The van der Waals surface area contributed by atoms with E-state index in [0.717, 1.165) is 0 Å². The highest BCUT2D eigenvalue weighted by Crippen LogP contribution is 2.18. The van der Waals surface area contributed by atoms with E-state index in [1.165, 1.54) is 11.1 Å². The lowest BCUT2D eigenvalue weighted by Gasteiger charge is -2.08. The van der Waals surface area contributed by atoms with Gasteiger partial charge >= 0.3 is 0 Å². The van der Waals surface area contributed by atoms with E-state index in [4.69, 9.17) is 0 Å². The van der Waals surface area contributed by atoms with Gasteiger partial charge in [0, 0.05) is 0 Å². The second-order valence-electron chi connectivity index (χ2n) is 3.98. The Kier molecular flexibility index (Phi) is 2.91. The monoisotopic (exact) mass is 162 g/mol. The average Bonchev–Trinajstić information content (AvgIpc) is 2.04. The normalized spacial score (nSPS) is 11.2. The summed E-state index contributed by atoms with van der Waals surface area (Å²) in [5, 5.41) is 0. The van der Waals surface area contributed by atoms with Crippen LogP contribution >= 0.6 is 0 Å². The third kappa shape index (κ3) is 2.10. The molecule has 0 heteroatoms. The molecule has 0 unspecified atom stereocenters. The molecule has 0 spiro atoms. The van der Waals surface area contributed by atoms with Gasteiger partial charge in [0.15, 0.2) is 0 Å². The Labute approximate surface area is 75.6 Å². The van der Waals surface area contributed by atoms with Gasteiger partial charge in [0.2, 0.25) is 0 Å². The third-order valence-electron chi connectivity index (χ3n) is 2.27. The lowest BCUT2D eigenvalue weighted by molar-refractivity contribution is 0.845. The summed E-state index contributed by atoms with van der Waals surface area (Å²) in [5.41, 5.74) is 2.86. The number of rotatable bonds is 2. The first-order chi connectivity index (χ1) is 5.61. The van der Waals surface area contributed by atoms with Gasteiger partial charge in [-0.05, 0) is 23.0 Å². The molecule has 0 saturated heterocycles. The van der Waals surface area contributed by atoms with Crippen LogP contribution in [0, 0.1) is 0 Å². The molecule has 0 aliphatic carbocycles. The molecule has 0 atom stereocenters. The standard InChI is InChI=1S/C12H18/c1-9(2)11-5-7-12(8-6-11)10(3)4/h5-10H,1-4H3. The Morgan fingerprint density at radius 2 is 0.917 bits per heavy atom. The van der Waals surface area contributed by atoms with Crippen molar-refractivity contribution in [1.82, 2.24) is 0 Å². The second-order valence-corrected chi connectivity index (χ2v) is 3.98. The summed E-state index contributed by atoms with van der Waals surface area (Å²) in [7, 11) is 0. The molecule has 0 aliphatic rings. The summed E-state index contributed by atoms with van der Waals surface area (Å²) >= 11 is 0. The van der Waals surface area contributed by atoms with Gasteiger partial charge in [0.25, 0.3) is 0 Å². The molecular weight excluding hydrogens is 144 g/mol. The largest absolute Gasteiger partial charge is 0.0587 e. The fraction of sp³-hybridized carbons (Fsp3) is 0.500. The van der Waals surface area contributed by atoms with Crippen molar-refractivity contribution in [3.63, 3.8) is 0 Å². The SMILES string of the molecule is CC(C)c1ccc(C(C)C)cc1. The van der Waals surface area contributed by atoms with Crippen LogP contribution in [0.4, 0.5) is 0 Å². The minimum atomic E-state index is 0.645. The predicted octanol–water partition coefficient (Wildman–Crippen LogP) is 3.93. The Balaban J connectivity index is 2.86. The van der Waals surface area contributed by atoms with Gasteiger partial charge in [-0.1, -0.05) is 52.0 Å². The summed E-state index contributed by atoms with van der Waals surface area (Å²) in [6.45, 7) is 8.91. The highest BCUT2D eigenvalue weighted by molar-refractivity contribution is 5.26. The quantitative estimate of drug-likeness (QED) is 0.618.